The van der Waals surface area contributed by atoms with Gasteiger partial charge in [-0.25, -0.2) is 0 Å². The summed E-state index contributed by atoms with van der Waals surface area (Å²) >= 11 is 0. The maximum absolute atomic E-state index is 10.5. The molecule has 2 N–H and O–H groups in total. The molecule has 1 fully saturated rings. The minimum atomic E-state index is -0.926. The molecule has 0 heterocycles. The van der Waals surface area contributed by atoms with Gasteiger partial charge in [-0.05, 0) is 24.7 Å². The monoisotopic (exact) mass is 212 g/mol. The average Bonchev–Trinajstić information content (AvgIpc) is 2.07. The van der Waals surface area contributed by atoms with Crippen LogP contribution in [0.5, 0.6) is 0 Å². The number of carbonyl (C=O) groups is 1. The number of aliphatic hydroxyl groups is 1. The molecule has 15 heavy (non-hydrogen) atoms. The molecular formula is C12H20O3. The fourth-order valence-corrected chi connectivity index (χ4v) is 2.13. The lowest BCUT2D eigenvalue weighted by molar-refractivity contribution is -0.140. The highest BCUT2D eigenvalue weighted by atomic mass is 16.4. The zero-order valence-electron chi connectivity index (χ0n) is 9.06. The zero-order chi connectivity index (χ0) is 11.3. The van der Waals surface area contributed by atoms with Crippen LogP contribution >= 0.6 is 0 Å². The van der Waals surface area contributed by atoms with Gasteiger partial charge in [0.15, 0.2) is 0 Å². The first kappa shape index (κ1) is 12.2. The van der Waals surface area contributed by atoms with Crippen LogP contribution < -0.4 is 0 Å². The van der Waals surface area contributed by atoms with E-state index in [2.05, 4.69) is 6.58 Å². The van der Waals surface area contributed by atoms with Gasteiger partial charge in [0.05, 0.1) is 12.5 Å². The van der Waals surface area contributed by atoms with E-state index >= 15 is 0 Å². The molecule has 1 aliphatic rings. The van der Waals surface area contributed by atoms with Gasteiger partial charge in [0.1, 0.15) is 0 Å². The van der Waals surface area contributed by atoms with E-state index in [1.54, 1.807) is 6.08 Å². The normalized spacial score (nSPS) is 20.3. The number of carboxylic acid groups (broad SMARTS) is 1. The van der Waals surface area contributed by atoms with E-state index in [-0.39, 0.29) is 12.3 Å². The third-order valence-corrected chi connectivity index (χ3v) is 3.26. The first-order valence-corrected chi connectivity index (χ1v) is 5.64. The van der Waals surface area contributed by atoms with Crippen molar-refractivity contribution >= 4 is 5.97 Å². The Morgan fingerprint density at radius 2 is 2.20 bits per heavy atom. The number of allylic oxidation sites excluding steroid dienone is 1. The Morgan fingerprint density at radius 3 is 2.60 bits per heavy atom. The smallest absolute Gasteiger partial charge is 0.305 e. The molecule has 0 aliphatic heterocycles. The molecular weight excluding hydrogens is 192 g/mol. The predicted molar refractivity (Wildman–Crippen MR) is 58.5 cm³/mol. The second kappa shape index (κ2) is 5.91. The first-order chi connectivity index (χ1) is 7.13. The van der Waals surface area contributed by atoms with Crippen molar-refractivity contribution in [2.24, 2.45) is 11.8 Å². The minimum Gasteiger partial charge on any atom is -0.481 e. The third kappa shape index (κ3) is 4.04. The topological polar surface area (TPSA) is 57.5 Å². The lowest BCUT2D eigenvalue weighted by atomic mass is 9.76. The lowest BCUT2D eigenvalue weighted by Crippen LogP contribution is -2.27. The molecule has 0 saturated heterocycles. The van der Waals surface area contributed by atoms with Crippen molar-refractivity contribution in [1.82, 2.24) is 0 Å². The fraction of sp³-hybridized carbons (Fsp3) is 0.750. The van der Waals surface area contributed by atoms with Gasteiger partial charge in [-0.1, -0.05) is 25.3 Å². The Hall–Kier alpha value is -0.830. The van der Waals surface area contributed by atoms with Crippen LogP contribution in [-0.2, 0) is 4.79 Å². The summed E-state index contributed by atoms with van der Waals surface area (Å²) in [6, 6.07) is 0. The molecule has 0 aromatic rings. The van der Waals surface area contributed by atoms with Crippen LogP contribution in [0.1, 0.15) is 38.5 Å². The maximum Gasteiger partial charge on any atom is 0.305 e. The second-order valence-electron chi connectivity index (χ2n) is 4.48. The molecule has 1 saturated carbocycles. The van der Waals surface area contributed by atoms with Crippen molar-refractivity contribution in [3.05, 3.63) is 12.7 Å². The van der Waals surface area contributed by atoms with E-state index in [1.807, 2.05) is 0 Å². The van der Waals surface area contributed by atoms with Gasteiger partial charge in [0, 0.05) is 0 Å². The number of hydrogen-bond acceptors (Lipinski definition) is 2. The van der Waals surface area contributed by atoms with E-state index in [4.69, 9.17) is 5.11 Å². The van der Waals surface area contributed by atoms with E-state index in [0.717, 1.165) is 6.42 Å². The van der Waals surface area contributed by atoms with Crippen LogP contribution in [0.15, 0.2) is 12.7 Å². The van der Waals surface area contributed by atoms with Crippen LogP contribution in [-0.4, -0.2) is 22.3 Å². The van der Waals surface area contributed by atoms with Crippen molar-refractivity contribution in [2.75, 3.05) is 0 Å². The van der Waals surface area contributed by atoms with Crippen molar-refractivity contribution in [3.63, 3.8) is 0 Å². The van der Waals surface area contributed by atoms with Crippen LogP contribution in [0.4, 0.5) is 0 Å². The third-order valence-electron chi connectivity index (χ3n) is 3.26. The quantitative estimate of drug-likeness (QED) is 0.636. The molecule has 0 bridgehead atoms. The van der Waals surface area contributed by atoms with Crippen molar-refractivity contribution in [3.8, 4) is 0 Å². The maximum atomic E-state index is 10.5. The fourth-order valence-electron chi connectivity index (χ4n) is 2.13. The molecule has 0 amide bonds. The van der Waals surface area contributed by atoms with Crippen molar-refractivity contribution in [1.29, 1.82) is 0 Å². The molecule has 2 unspecified atom stereocenters. The highest BCUT2D eigenvalue weighted by Gasteiger charge is 2.27. The molecule has 2 atom stereocenters. The lowest BCUT2D eigenvalue weighted by Gasteiger charge is -2.31. The largest absolute Gasteiger partial charge is 0.481 e. The van der Waals surface area contributed by atoms with Gasteiger partial charge < -0.3 is 10.2 Å². The Balaban J connectivity index is 2.39. The van der Waals surface area contributed by atoms with Gasteiger partial charge in [-0.2, -0.15) is 0 Å². The standard InChI is InChI=1S/C12H20O3/c1-2-4-10(7-9-5-3-6-9)11(13)8-12(14)15/h2,9-11,13H,1,3-8H2,(H,14,15). The molecule has 0 aromatic carbocycles. The Kier molecular flexibility index (Phi) is 4.82. The highest BCUT2D eigenvalue weighted by Crippen LogP contribution is 2.34. The second-order valence-corrected chi connectivity index (χ2v) is 4.48. The SMILES string of the molecule is C=CCC(CC1CCC1)C(O)CC(=O)O. The van der Waals surface area contributed by atoms with Crippen LogP contribution in [0, 0.1) is 11.8 Å². The number of carboxylic acids is 1. The average molecular weight is 212 g/mol. The minimum absolute atomic E-state index is 0.0731. The van der Waals surface area contributed by atoms with Crippen LogP contribution in [0.25, 0.3) is 0 Å². The van der Waals surface area contributed by atoms with E-state index in [1.165, 1.54) is 19.3 Å². The number of aliphatic hydroxyl groups excluding tert-OH is 1. The van der Waals surface area contributed by atoms with E-state index < -0.39 is 12.1 Å². The van der Waals surface area contributed by atoms with E-state index in [0.29, 0.717) is 12.3 Å². The summed E-state index contributed by atoms with van der Waals surface area (Å²) in [7, 11) is 0. The first-order valence-electron chi connectivity index (χ1n) is 5.64. The summed E-state index contributed by atoms with van der Waals surface area (Å²) in [6.45, 7) is 3.65. The molecule has 0 radical (unpaired) electrons. The van der Waals surface area contributed by atoms with Gasteiger partial charge >= 0.3 is 5.97 Å². The summed E-state index contributed by atoms with van der Waals surface area (Å²) in [5, 5.41) is 18.4. The molecule has 86 valence electrons. The Labute approximate surface area is 90.8 Å². The molecule has 1 rings (SSSR count). The summed E-state index contributed by atoms with van der Waals surface area (Å²) in [5.41, 5.74) is 0. The summed E-state index contributed by atoms with van der Waals surface area (Å²) < 4.78 is 0. The van der Waals surface area contributed by atoms with Gasteiger partial charge in [0.25, 0.3) is 0 Å². The van der Waals surface area contributed by atoms with Crippen molar-refractivity contribution in [2.45, 2.75) is 44.6 Å². The molecule has 0 aromatic heterocycles. The summed E-state index contributed by atoms with van der Waals surface area (Å²) in [4.78, 5) is 10.5. The summed E-state index contributed by atoms with van der Waals surface area (Å²) in [6.07, 6.45) is 6.30. The van der Waals surface area contributed by atoms with Gasteiger partial charge in [-0.3, -0.25) is 4.79 Å². The van der Waals surface area contributed by atoms with Gasteiger partial charge in [0.2, 0.25) is 0 Å². The number of rotatable bonds is 7. The number of hydrogen-bond donors (Lipinski definition) is 2. The Bertz CT molecular complexity index is 221. The van der Waals surface area contributed by atoms with E-state index in [9.17, 15) is 9.90 Å². The molecule has 3 heteroatoms. The Morgan fingerprint density at radius 1 is 1.53 bits per heavy atom. The number of aliphatic carboxylic acids is 1. The van der Waals surface area contributed by atoms with Crippen molar-refractivity contribution < 1.29 is 15.0 Å². The van der Waals surface area contributed by atoms with Crippen LogP contribution in [0.2, 0.25) is 0 Å². The summed E-state index contributed by atoms with van der Waals surface area (Å²) in [5.74, 6) is -0.160. The predicted octanol–water partition coefficient (Wildman–Crippen LogP) is 2.20. The molecule has 1 aliphatic carbocycles. The zero-order valence-corrected chi connectivity index (χ0v) is 9.06. The highest BCUT2D eigenvalue weighted by molar-refractivity contribution is 5.67. The molecule has 3 nitrogen and oxygen atoms in total. The molecule has 0 spiro atoms. The van der Waals surface area contributed by atoms with Crippen LogP contribution in [0.3, 0.4) is 0 Å². The van der Waals surface area contributed by atoms with Gasteiger partial charge in [-0.15, -0.1) is 6.58 Å².